The van der Waals surface area contributed by atoms with Gasteiger partial charge in [-0.25, -0.2) is 0 Å². The maximum atomic E-state index is 11.7. The Morgan fingerprint density at radius 3 is 2.39 bits per heavy atom. The summed E-state index contributed by atoms with van der Waals surface area (Å²) in [4.78, 5) is 14.2. The molecule has 0 spiro atoms. The van der Waals surface area contributed by atoms with Crippen LogP contribution in [0.5, 0.6) is 11.5 Å². The number of anilines is 2. The Hall–Kier alpha value is -4.29. The van der Waals surface area contributed by atoms with Crippen LogP contribution in [0.25, 0.3) is 0 Å². The van der Waals surface area contributed by atoms with Crippen LogP contribution in [-0.4, -0.2) is 38.8 Å². The van der Waals surface area contributed by atoms with Crippen LogP contribution in [0.2, 0.25) is 0 Å². The standard InChI is InChI=1S/C38H43N3O3/c1-27(42)40-32-13-15-33(16-14-32)41-24-21-30-26-35(43-2)19-20-36(30)38(41)37(28-8-4-3-5-9-28)29-11-17-34(18-12-29)44-25-22-31-10-6-7-23-39-31/h3-5,8-9,11-20,26,31,37-39H,6-7,10,21-25H2,1-2H3,(H,40,42). The number of hydrogen-bond acceptors (Lipinski definition) is 5. The summed E-state index contributed by atoms with van der Waals surface area (Å²) in [6, 6.07) is 34.9. The third-order valence-electron chi connectivity index (χ3n) is 9.01. The van der Waals surface area contributed by atoms with E-state index in [0.29, 0.717) is 6.04 Å². The summed E-state index contributed by atoms with van der Waals surface area (Å²) in [6.07, 6.45) is 5.77. The smallest absolute Gasteiger partial charge is 0.221 e. The zero-order valence-electron chi connectivity index (χ0n) is 25.8. The van der Waals surface area contributed by atoms with Crippen LogP contribution in [0.4, 0.5) is 11.4 Å². The fourth-order valence-electron chi connectivity index (χ4n) is 6.83. The fraction of sp³-hybridized carbons (Fsp3) is 0.342. The van der Waals surface area contributed by atoms with Gasteiger partial charge < -0.3 is 25.0 Å². The van der Waals surface area contributed by atoms with Gasteiger partial charge in [0.1, 0.15) is 11.5 Å². The van der Waals surface area contributed by atoms with Crippen molar-refractivity contribution in [3.05, 3.63) is 119 Å². The van der Waals surface area contributed by atoms with E-state index in [9.17, 15) is 4.79 Å². The topological polar surface area (TPSA) is 62.8 Å². The Balaban J connectivity index is 1.34. The molecule has 0 radical (unpaired) electrons. The molecular weight excluding hydrogens is 546 g/mol. The molecule has 2 aliphatic rings. The lowest BCUT2D eigenvalue weighted by Gasteiger charge is -2.44. The van der Waals surface area contributed by atoms with Gasteiger partial charge in [-0.15, -0.1) is 0 Å². The largest absolute Gasteiger partial charge is 0.497 e. The number of piperidine rings is 1. The molecule has 1 fully saturated rings. The van der Waals surface area contributed by atoms with E-state index in [1.54, 1.807) is 7.11 Å². The number of benzene rings is 4. The van der Waals surface area contributed by atoms with Crippen molar-refractivity contribution in [1.29, 1.82) is 0 Å². The summed E-state index contributed by atoms with van der Waals surface area (Å²) in [7, 11) is 1.73. The van der Waals surface area contributed by atoms with Crippen molar-refractivity contribution in [1.82, 2.24) is 5.32 Å². The number of amides is 1. The highest BCUT2D eigenvalue weighted by Crippen LogP contribution is 2.47. The molecule has 2 heterocycles. The number of nitrogens with zero attached hydrogens (tertiary/aromatic N) is 1. The van der Waals surface area contributed by atoms with Crippen LogP contribution < -0.4 is 25.0 Å². The summed E-state index contributed by atoms with van der Waals surface area (Å²) < 4.78 is 11.8. The minimum atomic E-state index is -0.0707. The lowest BCUT2D eigenvalue weighted by atomic mass is 9.77. The first kappa shape index (κ1) is 29.8. The molecule has 6 nitrogen and oxygen atoms in total. The number of nitrogens with one attached hydrogen (secondary N) is 2. The van der Waals surface area contributed by atoms with Crippen molar-refractivity contribution in [2.45, 2.75) is 57.0 Å². The van der Waals surface area contributed by atoms with Crippen LogP contribution in [0, 0.1) is 0 Å². The summed E-state index contributed by atoms with van der Waals surface area (Å²) in [6.45, 7) is 4.24. The van der Waals surface area contributed by atoms with E-state index >= 15 is 0 Å². The van der Waals surface area contributed by atoms with Crippen molar-refractivity contribution < 1.29 is 14.3 Å². The number of methoxy groups -OCH3 is 1. The Labute approximate surface area is 261 Å². The average Bonchev–Trinajstić information content (AvgIpc) is 3.06. The van der Waals surface area contributed by atoms with E-state index in [-0.39, 0.29) is 17.9 Å². The molecule has 0 saturated carbocycles. The molecule has 4 aromatic rings. The Morgan fingerprint density at radius 2 is 1.68 bits per heavy atom. The highest BCUT2D eigenvalue weighted by Gasteiger charge is 2.36. The summed E-state index contributed by atoms with van der Waals surface area (Å²) in [5, 5.41) is 6.52. The SMILES string of the molecule is COc1ccc2c(c1)CCN(c1ccc(NC(C)=O)cc1)C2C(c1ccccc1)c1ccc(OCCC2CCCCN2)cc1. The molecule has 4 aromatic carbocycles. The number of carbonyl (C=O) groups excluding carboxylic acids is 1. The highest BCUT2D eigenvalue weighted by molar-refractivity contribution is 5.88. The van der Waals surface area contributed by atoms with Gasteiger partial charge in [0.25, 0.3) is 0 Å². The first-order valence-corrected chi connectivity index (χ1v) is 15.9. The predicted octanol–water partition coefficient (Wildman–Crippen LogP) is 7.50. The normalized spacial score (nSPS) is 18.6. The van der Waals surface area contributed by atoms with Gasteiger partial charge in [0.15, 0.2) is 0 Å². The van der Waals surface area contributed by atoms with Gasteiger partial charge in [0.05, 0.1) is 19.8 Å². The molecule has 2 N–H and O–H groups in total. The highest BCUT2D eigenvalue weighted by atomic mass is 16.5. The number of rotatable bonds is 10. The molecule has 0 aromatic heterocycles. The second kappa shape index (κ2) is 14.0. The molecular formula is C38H43N3O3. The predicted molar refractivity (Wildman–Crippen MR) is 178 cm³/mol. The van der Waals surface area contributed by atoms with Gasteiger partial charge in [0, 0.05) is 36.8 Å². The van der Waals surface area contributed by atoms with Crippen LogP contribution in [0.15, 0.2) is 97.1 Å². The van der Waals surface area contributed by atoms with E-state index < -0.39 is 0 Å². The average molecular weight is 590 g/mol. The number of hydrogen-bond donors (Lipinski definition) is 2. The first-order valence-electron chi connectivity index (χ1n) is 15.9. The summed E-state index contributed by atoms with van der Waals surface area (Å²) in [5.74, 6) is 1.80. The second-order valence-corrected chi connectivity index (χ2v) is 11.9. The fourth-order valence-corrected chi connectivity index (χ4v) is 6.83. The molecule has 3 atom stereocenters. The van der Waals surface area contributed by atoms with Gasteiger partial charge in [0.2, 0.25) is 5.91 Å². The summed E-state index contributed by atoms with van der Waals surface area (Å²) in [5.41, 5.74) is 7.05. The number of fused-ring (bicyclic) bond motifs is 1. The monoisotopic (exact) mass is 589 g/mol. The van der Waals surface area contributed by atoms with Gasteiger partial charge in [-0.05, 0) is 103 Å². The van der Waals surface area contributed by atoms with Crippen LogP contribution in [0.3, 0.4) is 0 Å². The molecule has 1 amide bonds. The van der Waals surface area contributed by atoms with Gasteiger partial charge in [-0.2, -0.15) is 0 Å². The Kier molecular flexibility index (Phi) is 9.47. The molecule has 0 bridgehead atoms. The molecule has 0 aliphatic carbocycles. The van der Waals surface area contributed by atoms with Crippen molar-refractivity contribution in [3.63, 3.8) is 0 Å². The third kappa shape index (κ3) is 6.92. The minimum Gasteiger partial charge on any atom is -0.497 e. The molecule has 6 heteroatoms. The van der Waals surface area contributed by atoms with E-state index in [4.69, 9.17) is 9.47 Å². The minimum absolute atomic E-state index is 0.0443. The number of carbonyl (C=O) groups is 1. The van der Waals surface area contributed by atoms with E-state index in [1.807, 2.05) is 12.1 Å². The molecule has 1 saturated heterocycles. The zero-order chi connectivity index (χ0) is 30.3. The zero-order valence-corrected chi connectivity index (χ0v) is 25.8. The lowest BCUT2D eigenvalue weighted by molar-refractivity contribution is -0.114. The van der Waals surface area contributed by atoms with Gasteiger partial charge >= 0.3 is 0 Å². The third-order valence-corrected chi connectivity index (χ3v) is 9.01. The second-order valence-electron chi connectivity index (χ2n) is 11.9. The van der Waals surface area contributed by atoms with E-state index in [1.165, 1.54) is 48.4 Å². The Bertz CT molecular complexity index is 1520. The molecule has 6 rings (SSSR count). The van der Waals surface area contributed by atoms with Crippen molar-refractivity contribution in [2.75, 3.05) is 37.0 Å². The van der Waals surface area contributed by atoms with Gasteiger partial charge in [-0.3, -0.25) is 4.79 Å². The van der Waals surface area contributed by atoms with Crippen molar-refractivity contribution in [3.8, 4) is 11.5 Å². The molecule has 228 valence electrons. The maximum absolute atomic E-state index is 11.7. The van der Waals surface area contributed by atoms with Crippen LogP contribution in [-0.2, 0) is 11.2 Å². The van der Waals surface area contributed by atoms with E-state index in [2.05, 4.69) is 100 Å². The van der Waals surface area contributed by atoms with Crippen molar-refractivity contribution >= 4 is 17.3 Å². The summed E-state index contributed by atoms with van der Waals surface area (Å²) >= 11 is 0. The van der Waals surface area contributed by atoms with Crippen LogP contribution in [0.1, 0.15) is 66.8 Å². The Morgan fingerprint density at radius 1 is 0.932 bits per heavy atom. The molecule has 44 heavy (non-hydrogen) atoms. The number of ether oxygens (including phenoxy) is 2. The molecule has 2 aliphatic heterocycles. The van der Waals surface area contributed by atoms with E-state index in [0.717, 1.165) is 55.4 Å². The first-order chi connectivity index (χ1) is 21.6. The lowest BCUT2D eigenvalue weighted by Crippen LogP contribution is -2.39. The van der Waals surface area contributed by atoms with Crippen molar-refractivity contribution in [2.24, 2.45) is 0 Å². The maximum Gasteiger partial charge on any atom is 0.221 e. The molecule has 3 unspecified atom stereocenters. The van der Waals surface area contributed by atoms with Crippen LogP contribution >= 0.6 is 0 Å². The van der Waals surface area contributed by atoms with Gasteiger partial charge in [-0.1, -0.05) is 55.0 Å². The quantitative estimate of drug-likeness (QED) is 0.201.